The van der Waals surface area contributed by atoms with Crippen LogP contribution in [0.2, 0.25) is 0 Å². The van der Waals surface area contributed by atoms with Gasteiger partial charge in [0.05, 0.1) is 12.3 Å². The Hall–Kier alpha value is -1.73. The maximum absolute atomic E-state index is 5.97. The Morgan fingerprint density at radius 1 is 1.25 bits per heavy atom. The molecule has 24 heavy (non-hydrogen) atoms. The van der Waals surface area contributed by atoms with Gasteiger partial charge in [0.25, 0.3) is 0 Å². The number of hydrogen-bond acceptors (Lipinski definition) is 5. The standard InChI is InChI=1S/C17H28N6O/c1-5-14-13(15(6-2)21(4)20-14)10-22-8-9-24-16(11-22)17-19-18-12-23(17)7-3/h12,16H,5-11H2,1-4H3/t16-/m0/s1. The number of hydrogen-bond donors (Lipinski definition) is 0. The minimum atomic E-state index is -0.00646. The third kappa shape index (κ3) is 3.23. The van der Waals surface area contributed by atoms with Crippen molar-refractivity contribution in [1.29, 1.82) is 0 Å². The highest BCUT2D eigenvalue weighted by Crippen LogP contribution is 2.24. The molecule has 2 aromatic rings. The van der Waals surface area contributed by atoms with Crippen molar-refractivity contribution < 1.29 is 4.74 Å². The molecule has 3 rings (SSSR count). The van der Waals surface area contributed by atoms with E-state index in [2.05, 4.69) is 40.4 Å². The fraction of sp³-hybridized carbons (Fsp3) is 0.706. The molecule has 3 heterocycles. The summed E-state index contributed by atoms with van der Waals surface area (Å²) in [5.41, 5.74) is 3.95. The number of aryl methyl sites for hydroxylation is 3. The average Bonchev–Trinajstić information content (AvgIpc) is 3.19. The predicted molar refractivity (Wildman–Crippen MR) is 91.6 cm³/mol. The Labute approximate surface area is 143 Å². The van der Waals surface area contributed by atoms with Gasteiger partial charge in [0.2, 0.25) is 0 Å². The van der Waals surface area contributed by atoms with Gasteiger partial charge in [0, 0.05) is 44.5 Å². The second-order valence-corrected chi connectivity index (χ2v) is 6.27. The van der Waals surface area contributed by atoms with Crippen molar-refractivity contribution in [3.05, 3.63) is 29.1 Å². The van der Waals surface area contributed by atoms with Crippen LogP contribution in [0.25, 0.3) is 0 Å². The van der Waals surface area contributed by atoms with Crippen LogP contribution in [0.5, 0.6) is 0 Å². The van der Waals surface area contributed by atoms with Crippen LogP contribution in [0.1, 0.15) is 49.7 Å². The first-order valence-corrected chi connectivity index (χ1v) is 8.93. The van der Waals surface area contributed by atoms with Gasteiger partial charge in [0.1, 0.15) is 12.4 Å². The number of morpholine rings is 1. The van der Waals surface area contributed by atoms with Gasteiger partial charge in [-0.25, -0.2) is 0 Å². The van der Waals surface area contributed by atoms with Gasteiger partial charge in [-0.15, -0.1) is 10.2 Å². The van der Waals surface area contributed by atoms with Gasteiger partial charge in [-0.3, -0.25) is 9.58 Å². The lowest BCUT2D eigenvalue weighted by molar-refractivity contribution is -0.0390. The first-order chi connectivity index (χ1) is 11.7. The van der Waals surface area contributed by atoms with Crippen LogP contribution in [0, 0.1) is 0 Å². The summed E-state index contributed by atoms with van der Waals surface area (Å²) in [4.78, 5) is 2.46. The molecule has 0 aromatic carbocycles. The van der Waals surface area contributed by atoms with E-state index >= 15 is 0 Å². The second-order valence-electron chi connectivity index (χ2n) is 6.27. The van der Waals surface area contributed by atoms with Crippen LogP contribution in [-0.2, 0) is 37.7 Å². The summed E-state index contributed by atoms with van der Waals surface area (Å²) in [7, 11) is 2.05. The van der Waals surface area contributed by atoms with Gasteiger partial charge in [-0.2, -0.15) is 5.10 Å². The van der Waals surface area contributed by atoms with E-state index in [9.17, 15) is 0 Å². The van der Waals surface area contributed by atoms with E-state index < -0.39 is 0 Å². The highest BCUT2D eigenvalue weighted by atomic mass is 16.5. The van der Waals surface area contributed by atoms with Crippen molar-refractivity contribution in [1.82, 2.24) is 29.4 Å². The summed E-state index contributed by atoms with van der Waals surface area (Å²) in [6.45, 7) is 10.8. The smallest absolute Gasteiger partial charge is 0.163 e. The van der Waals surface area contributed by atoms with Crippen LogP contribution < -0.4 is 0 Å². The van der Waals surface area contributed by atoms with E-state index in [4.69, 9.17) is 9.84 Å². The lowest BCUT2D eigenvalue weighted by Crippen LogP contribution is -2.39. The van der Waals surface area contributed by atoms with Crippen molar-refractivity contribution >= 4 is 0 Å². The molecule has 0 saturated carbocycles. The molecule has 7 heteroatoms. The van der Waals surface area contributed by atoms with Crippen molar-refractivity contribution in [3.8, 4) is 0 Å². The molecular weight excluding hydrogens is 304 g/mol. The molecule has 0 amide bonds. The summed E-state index contributed by atoms with van der Waals surface area (Å²) in [5.74, 6) is 0.930. The molecule has 0 unspecified atom stereocenters. The van der Waals surface area contributed by atoms with E-state index in [1.165, 1.54) is 17.0 Å². The van der Waals surface area contributed by atoms with Gasteiger partial charge >= 0.3 is 0 Å². The first-order valence-electron chi connectivity index (χ1n) is 8.93. The monoisotopic (exact) mass is 332 g/mol. The van der Waals surface area contributed by atoms with Gasteiger partial charge in [-0.1, -0.05) is 13.8 Å². The molecule has 1 aliphatic rings. The summed E-state index contributed by atoms with van der Waals surface area (Å²) in [6, 6.07) is 0. The largest absolute Gasteiger partial charge is 0.368 e. The average molecular weight is 332 g/mol. The molecule has 0 aliphatic carbocycles. The van der Waals surface area contributed by atoms with E-state index in [0.29, 0.717) is 0 Å². The molecule has 2 aromatic heterocycles. The molecule has 1 aliphatic heterocycles. The van der Waals surface area contributed by atoms with Crippen LogP contribution in [0.15, 0.2) is 6.33 Å². The van der Waals surface area contributed by atoms with Crippen LogP contribution in [0.4, 0.5) is 0 Å². The minimum absolute atomic E-state index is 0.00646. The Morgan fingerprint density at radius 2 is 2.08 bits per heavy atom. The molecule has 7 nitrogen and oxygen atoms in total. The highest BCUT2D eigenvalue weighted by Gasteiger charge is 2.27. The van der Waals surface area contributed by atoms with Crippen molar-refractivity contribution in [2.24, 2.45) is 7.05 Å². The molecule has 1 atom stereocenters. The molecule has 1 fully saturated rings. The molecular formula is C17H28N6O. The number of nitrogens with zero attached hydrogens (tertiary/aromatic N) is 6. The first kappa shape index (κ1) is 17.1. The Balaban J connectivity index is 1.77. The minimum Gasteiger partial charge on any atom is -0.368 e. The van der Waals surface area contributed by atoms with Gasteiger partial charge < -0.3 is 9.30 Å². The topological polar surface area (TPSA) is 61.0 Å². The zero-order chi connectivity index (χ0) is 17.1. The van der Waals surface area contributed by atoms with Crippen LogP contribution in [-0.4, -0.2) is 49.1 Å². The molecule has 0 radical (unpaired) electrons. The van der Waals surface area contributed by atoms with Crippen molar-refractivity contribution in [2.75, 3.05) is 19.7 Å². The Kier molecular flexibility index (Phi) is 5.30. The Morgan fingerprint density at radius 3 is 2.79 bits per heavy atom. The number of rotatable bonds is 6. The van der Waals surface area contributed by atoms with E-state index in [0.717, 1.165) is 51.5 Å². The molecule has 1 saturated heterocycles. The van der Waals surface area contributed by atoms with Gasteiger partial charge in [0.15, 0.2) is 5.82 Å². The second kappa shape index (κ2) is 7.44. The van der Waals surface area contributed by atoms with Gasteiger partial charge in [-0.05, 0) is 19.8 Å². The van der Waals surface area contributed by atoms with Crippen LogP contribution in [0.3, 0.4) is 0 Å². The molecule has 0 spiro atoms. The lowest BCUT2D eigenvalue weighted by Gasteiger charge is -2.32. The molecule has 132 valence electrons. The third-order valence-electron chi connectivity index (χ3n) is 4.83. The van der Waals surface area contributed by atoms with E-state index in [1.54, 1.807) is 6.33 Å². The maximum atomic E-state index is 5.97. The summed E-state index contributed by atoms with van der Waals surface area (Å²) < 4.78 is 10.1. The van der Waals surface area contributed by atoms with E-state index in [-0.39, 0.29) is 6.10 Å². The van der Waals surface area contributed by atoms with E-state index in [1.807, 2.05) is 11.7 Å². The number of aromatic nitrogens is 5. The summed E-state index contributed by atoms with van der Waals surface area (Å²) in [5, 5.41) is 13.0. The zero-order valence-electron chi connectivity index (χ0n) is 15.2. The zero-order valence-corrected chi connectivity index (χ0v) is 15.2. The normalized spacial score (nSPS) is 19.1. The van der Waals surface area contributed by atoms with Crippen LogP contribution >= 0.6 is 0 Å². The third-order valence-corrected chi connectivity index (χ3v) is 4.83. The molecule has 0 bridgehead atoms. The molecule has 0 N–H and O–H groups in total. The fourth-order valence-electron chi connectivity index (χ4n) is 3.56. The summed E-state index contributed by atoms with van der Waals surface area (Å²) in [6.07, 6.45) is 3.76. The Bertz CT molecular complexity index is 677. The maximum Gasteiger partial charge on any atom is 0.163 e. The highest BCUT2D eigenvalue weighted by molar-refractivity contribution is 5.26. The quantitative estimate of drug-likeness (QED) is 0.806. The van der Waals surface area contributed by atoms with Crippen molar-refractivity contribution in [3.63, 3.8) is 0 Å². The SMILES string of the molecule is CCc1nn(C)c(CC)c1CN1CCO[C@H](c2nncn2CC)C1. The van der Waals surface area contributed by atoms with Crippen molar-refractivity contribution in [2.45, 2.75) is 52.8 Å². The number of ether oxygens (including phenoxy) is 1. The fourth-order valence-corrected chi connectivity index (χ4v) is 3.56. The predicted octanol–water partition coefficient (Wildman–Crippen LogP) is 1.73. The lowest BCUT2D eigenvalue weighted by atomic mass is 10.1. The summed E-state index contributed by atoms with van der Waals surface area (Å²) >= 11 is 0.